The number of hydrogen-bond acceptors (Lipinski definition) is 5. The molecular weight excluding hydrogens is 367 g/mol. The molecule has 3 amide bonds. The fraction of sp³-hybridized carbons (Fsp3) is 0.412. The number of ether oxygens (including phenoxy) is 1. The number of urea groups is 1. The monoisotopic (exact) mass is 383 g/mol. The third kappa shape index (κ3) is 3.58. The number of nitriles is 1. The summed E-state index contributed by atoms with van der Waals surface area (Å²) in [6.45, 7) is 3.53. The van der Waals surface area contributed by atoms with E-state index in [1.54, 1.807) is 0 Å². The van der Waals surface area contributed by atoms with E-state index in [9.17, 15) is 27.6 Å². The molecule has 1 aliphatic heterocycles. The second-order valence-electron chi connectivity index (χ2n) is 6.28. The molecule has 1 heterocycles. The summed E-state index contributed by atoms with van der Waals surface area (Å²) < 4.78 is 45.3. The summed E-state index contributed by atoms with van der Waals surface area (Å²) in [5.74, 6) is -1.47. The first-order valence-corrected chi connectivity index (χ1v) is 7.82. The van der Waals surface area contributed by atoms with Crippen LogP contribution in [0.2, 0.25) is 0 Å². The number of esters is 1. The summed E-state index contributed by atoms with van der Waals surface area (Å²) in [5, 5.41) is 9.01. The maximum atomic E-state index is 13.5. The zero-order chi connectivity index (χ0) is 20.6. The topological polar surface area (TPSA) is 90.7 Å². The third-order valence-corrected chi connectivity index (χ3v) is 4.13. The van der Waals surface area contributed by atoms with Gasteiger partial charge in [0.1, 0.15) is 12.1 Å². The fourth-order valence-corrected chi connectivity index (χ4v) is 2.82. The average molecular weight is 383 g/mol. The lowest BCUT2D eigenvalue weighted by Crippen LogP contribution is -2.45. The smallest absolute Gasteiger partial charge is 0.419 e. The lowest BCUT2D eigenvalue weighted by molar-refractivity contribution is -0.141. The second-order valence-corrected chi connectivity index (χ2v) is 6.28. The van der Waals surface area contributed by atoms with Gasteiger partial charge in [-0.05, 0) is 26.0 Å². The number of imide groups is 1. The minimum atomic E-state index is -4.95. The molecule has 0 radical (unpaired) electrons. The molecular formula is C17H16F3N3O4. The Kier molecular flexibility index (Phi) is 5.17. The van der Waals surface area contributed by atoms with Crippen molar-refractivity contribution >= 4 is 23.6 Å². The molecule has 10 heteroatoms. The summed E-state index contributed by atoms with van der Waals surface area (Å²) in [7, 11) is 0. The van der Waals surface area contributed by atoms with Gasteiger partial charge in [0.05, 0.1) is 29.4 Å². The Balaban J connectivity index is 2.51. The predicted molar refractivity (Wildman–Crippen MR) is 86.5 cm³/mol. The number of anilines is 1. The normalized spacial score (nSPS) is 16.5. The molecule has 0 aliphatic carbocycles. The van der Waals surface area contributed by atoms with Crippen LogP contribution in [0.25, 0.3) is 0 Å². The second kappa shape index (κ2) is 6.90. The SMILES string of the molecule is CC(=O)OCCN1C(=O)N(c2cccc(C#N)c2C(F)(F)F)C(=O)C1(C)C. The number of amides is 3. The van der Waals surface area contributed by atoms with Crippen molar-refractivity contribution in [2.75, 3.05) is 18.1 Å². The lowest BCUT2D eigenvalue weighted by atomic mass is 10.0. The highest BCUT2D eigenvalue weighted by Crippen LogP contribution is 2.42. The van der Waals surface area contributed by atoms with Crippen LogP contribution in [0.5, 0.6) is 0 Å². The molecule has 7 nitrogen and oxygen atoms in total. The molecule has 0 spiro atoms. The molecule has 1 aromatic rings. The molecule has 1 fully saturated rings. The van der Waals surface area contributed by atoms with Crippen LogP contribution in [0.4, 0.5) is 23.7 Å². The van der Waals surface area contributed by atoms with Crippen LogP contribution >= 0.6 is 0 Å². The Bertz CT molecular complexity index is 843. The summed E-state index contributed by atoms with van der Waals surface area (Å²) in [4.78, 5) is 37.8. The van der Waals surface area contributed by atoms with Gasteiger partial charge < -0.3 is 9.64 Å². The van der Waals surface area contributed by atoms with Crippen molar-refractivity contribution in [3.8, 4) is 6.07 Å². The van der Waals surface area contributed by atoms with E-state index in [2.05, 4.69) is 0 Å². The van der Waals surface area contributed by atoms with Gasteiger partial charge in [-0.1, -0.05) is 6.07 Å². The van der Waals surface area contributed by atoms with Gasteiger partial charge in [-0.3, -0.25) is 9.59 Å². The number of alkyl halides is 3. The number of benzene rings is 1. The van der Waals surface area contributed by atoms with Gasteiger partial charge in [-0.25, -0.2) is 9.69 Å². The molecule has 144 valence electrons. The van der Waals surface area contributed by atoms with Gasteiger partial charge in [0.2, 0.25) is 0 Å². The van der Waals surface area contributed by atoms with E-state index in [-0.39, 0.29) is 13.2 Å². The van der Waals surface area contributed by atoms with Gasteiger partial charge >= 0.3 is 18.2 Å². The Hall–Kier alpha value is -3.09. The van der Waals surface area contributed by atoms with Gasteiger partial charge in [0.25, 0.3) is 5.91 Å². The van der Waals surface area contributed by atoms with Crippen molar-refractivity contribution in [2.45, 2.75) is 32.5 Å². The maximum absolute atomic E-state index is 13.5. The van der Waals surface area contributed by atoms with Crippen molar-refractivity contribution in [3.63, 3.8) is 0 Å². The number of hydrogen-bond donors (Lipinski definition) is 0. The zero-order valence-corrected chi connectivity index (χ0v) is 14.8. The van der Waals surface area contributed by atoms with Crippen molar-refractivity contribution < 1.29 is 32.3 Å². The van der Waals surface area contributed by atoms with E-state index in [1.165, 1.54) is 19.9 Å². The number of rotatable bonds is 4. The highest BCUT2D eigenvalue weighted by atomic mass is 19.4. The fourth-order valence-electron chi connectivity index (χ4n) is 2.82. The van der Waals surface area contributed by atoms with Gasteiger partial charge in [-0.2, -0.15) is 18.4 Å². The zero-order valence-electron chi connectivity index (χ0n) is 14.8. The summed E-state index contributed by atoms with van der Waals surface area (Å²) in [5.41, 5.74) is -4.22. The summed E-state index contributed by atoms with van der Waals surface area (Å²) >= 11 is 0. The maximum Gasteiger partial charge on any atom is 0.419 e. The van der Waals surface area contributed by atoms with E-state index in [4.69, 9.17) is 10.00 Å². The molecule has 0 unspecified atom stereocenters. The summed E-state index contributed by atoms with van der Waals surface area (Å²) in [6.07, 6.45) is -4.95. The third-order valence-electron chi connectivity index (χ3n) is 4.13. The highest BCUT2D eigenvalue weighted by molar-refractivity contribution is 6.23. The average Bonchev–Trinajstić information content (AvgIpc) is 2.72. The minimum absolute atomic E-state index is 0.174. The first-order chi connectivity index (χ1) is 12.4. The Labute approximate surface area is 152 Å². The molecule has 2 rings (SSSR count). The van der Waals surface area contributed by atoms with Crippen LogP contribution in [0.1, 0.15) is 31.9 Å². The molecule has 0 saturated carbocycles. The van der Waals surface area contributed by atoms with E-state index >= 15 is 0 Å². The van der Waals surface area contributed by atoms with Crippen molar-refractivity contribution in [1.82, 2.24) is 4.90 Å². The molecule has 0 aromatic heterocycles. The standard InChI is InChI=1S/C17H16F3N3O4/c1-10(24)27-8-7-22-15(26)23(14(25)16(22,2)3)12-6-4-5-11(9-21)13(12)17(18,19)20/h4-6H,7-8H2,1-3H3. The van der Waals surface area contributed by atoms with Crippen LogP contribution in [-0.2, 0) is 20.5 Å². The number of carbonyl (C=O) groups excluding carboxylic acids is 3. The van der Waals surface area contributed by atoms with Crippen LogP contribution in [0.3, 0.4) is 0 Å². The largest absolute Gasteiger partial charge is 0.464 e. The van der Waals surface area contributed by atoms with Gasteiger partial charge in [0.15, 0.2) is 0 Å². The van der Waals surface area contributed by atoms with E-state index in [0.717, 1.165) is 30.0 Å². The minimum Gasteiger partial charge on any atom is -0.464 e. The Morgan fingerprint density at radius 1 is 1.30 bits per heavy atom. The molecule has 1 aromatic carbocycles. The lowest BCUT2D eigenvalue weighted by Gasteiger charge is -2.27. The molecule has 1 saturated heterocycles. The molecule has 27 heavy (non-hydrogen) atoms. The quantitative estimate of drug-likeness (QED) is 0.589. The van der Waals surface area contributed by atoms with E-state index < -0.39 is 46.4 Å². The number of nitrogens with zero attached hydrogens (tertiary/aromatic N) is 3. The van der Waals surface area contributed by atoms with Crippen molar-refractivity contribution in [3.05, 3.63) is 29.3 Å². The Morgan fingerprint density at radius 3 is 2.44 bits per heavy atom. The van der Waals surface area contributed by atoms with Crippen LogP contribution in [-0.4, -0.2) is 41.5 Å². The molecule has 0 N–H and O–H groups in total. The Morgan fingerprint density at radius 2 is 1.93 bits per heavy atom. The molecule has 0 bridgehead atoms. The van der Waals surface area contributed by atoms with Gasteiger partial charge in [0, 0.05) is 6.92 Å². The van der Waals surface area contributed by atoms with Crippen LogP contribution in [0, 0.1) is 11.3 Å². The molecule has 0 atom stereocenters. The highest BCUT2D eigenvalue weighted by Gasteiger charge is 2.53. The molecule has 1 aliphatic rings. The van der Waals surface area contributed by atoms with Crippen LogP contribution in [0.15, 0.2) is 18.2 Å². The van der Waals surface area contributed by atoms with Crippen LogP contribution < -0.4 is 4.90 Å². The van der Waals surface area contributed by atoms with Gasteiger partial charge in [-0.15, -0.1) is 0 Å². The number of carbonyl (C=O) groups is 3. The van der Waals surface area contributed by atoms with Crippen molar-refractivity contribution in [1.29, 1.82) is 5.26 Å². The van der Waals surface area contributed by atoms with E-state index in [1.807, 2.05) is 0 Å². The number of halogens is 3. The first-order valence-electron chi connectivity index (χ1n) is 7.82. The summed E-state index contributed by atoms with van der Waals surface area (Å²) in [6, 6.07) is 3.53. The first kappa shape index (κ1) is 20.2. The van der Waals surface area contributed by atoms with Crippen molar-refractivity contribution in [2.24, 2.45) is 0 Å². The van der Waals surface area contributed by atoms with E-state index in [0.29, 0.717) is 4.90 Å². The predicted octanol–water partition coefficient (Wildman–Crippen LogP) is 2.69.